The number of ether oxygens (including phenoxy) is 2. The van der Waals surface area contributed by atoms with Crippen LogP contribution in [0.25, 0.3) is 0 Å². The van der Waals surface area contributed by atoms with Crippen molar-refractivity contribution in [1.82, 2.24) is 4.90 Å². The summed E-state index contributed by atoms with van der Waals surface area (Å²) < 4.78 is 11.0. The van der Waals surface area contributed by atoms with Crippen LogP contribution in [0, 0.1) is 5.92 Å². The average Bonchev–Trinajstić information content (AvgIpc) is 2.26. The molecule has 0 aromatic carbocycles. The monoisotopic (exact) mass is 263 g/mol. The van der Waals surface area contributed by atoms with Crippen molar-refractivity contribution in [2.24, 2.45) is 5.92 Å². The van der Waals surface area contributed by atoms with Crippen LogP contribution >= 0.6 is 11.8 Å². The second-order valence-corrected chi connectivity index (χ2v) is 5.71. The van der Waals surface area contributed by atoms with Crippen LogP contribution in [0.4, 0.5) is 0 Å². The summed E-state index contributed by atoms with van der Waals surface area (Å²) >= 11 is 1.86. The van der Waals surface area contributed by atoms with E-state index in [1.54, 1.807) is 0 Å². The van der Waals surface area contributed by atoms with Gasteiger partial charge in [-0.3, -0.25) is 0 Å². The third-order valence-electron chi connectivity index (χ3n) is 2.30. The molecule has 0 aliphatic heterocycles. The number of nitrogens with zero attached hydrogens (tertiary/aromatic N) is 1. The average molecular weight is 263 g/mol. The van der Waals surface area contributed by atoms with Crippen LogP contribution in [0.5, 0.6) is 0 Å². The second-order valence-electron chi connectivity index (χ2n) is 4.73. The summed E-state index contributed by atoms with van der Waals surface area (Å²) in [5.41, 5.74) is 0. The van der Waals surface area contributed by atoms with Gasteiger partial charge >= 0.3 is 0 Å². The van der Waals surface area contributed by atoms with Gasteiger partial charge in [0.2, 0.25) is 0 Å². The van der Waals surface area contributed by atoms with Gasteiger partial charge in [0.1, 0.15) is 0 Å². The molecular weight excluding hydrogens is 234 g/mol. The van der Waals surface area contributed by atoms with Gasteiger partial charge in [-0.1, -0.05) is 13.8 Å². The molecule has 0 amide bonds. The molecule has 0 saturated carbocycles. The van der Waals surface area contributed by atoms with Crippen LogP contribution in [0.3, 0.4) is 0 Å². The van der Waals surface area contributed by atoms with E-state index in [9.17, 15) is 0 Å². The summed E-state index contributed by atoms with van der Waals surface area (Å²) in [6, 6.07) is 0. The quantitative estimate of drug-likeness (QED) is 0.504. The SMILES string of the molecule is CSCCCOCCOCCN(C)CC(C)C. The molecule has 3 nitrogen and oxygen atoms in total. The van der Waals surface area contributed by atoms with E-state index in [0.717, 1.165) is 51.9 Å². The van der Waals surface area contributed by atoms with Gasteiger partial charge < -0.3 is 14.4 Å². The van der Waals surface area contributed by atoms with Gasteiger partial charge in [0.15, 0.2) is 0 Å². The maximum absolute atomic E-state index is 5.52. The first-order valence-corrected chi connectivity index (χ1v) is 7.89. The topological polar surface area (TPSA) is 21.7 Å². The van der Waals surface area contributed by atoms with E-state index in [2.05, 4.69) is 32.1 Å². The highest BCUT2D eigenvalue weighted by atomic mass is 32.2. The lowest BCUT2D eigenvalue weighted by Gasteiger charge is -2.18. The minimum Gasteiger partial charge on any atom is -0.379 e. The fourth-order valence-electron chi connectivity index (χ4n) is 1.56. The molecule has 0 spiro atoms. The second kappa shape index (κ2) is 12.7. The maximum atomic E-state index is 5.52. The van der Waals surface area contributed by atoms with Crippen LogP contribution in [-0.2, 0) is 9.47 Å². The zero-order valence-corrected chi connectivity index (χ0v) is 12.7. The summed E-state index contributed by atoms with van der Waals surface area (Å²) in [5.74, 6) is 1.90. The summed E-state index contributed by atoms with van der Waals surface area (Å²) in [5, 5.41) is 0. The predicted molar refractivity (Wildman–Crippen MR) is 77.0 cm³/mol. The van der Waals surface area contributed by atoms with Gasteiger partial charge in [0.25, 0.3) is 0 Å². The lowest BCUT2D eigenvalue weighted by Crippen LogP contribution is -2.27. The van der Waals surface area contributed by atoms with Gasteiger partial charge in [0.05, 0.1) is 19.8 Å². The van der Waals surface area contributed by atoms with Crippen LogP contribution in [0.2, 0.25) is 0 Å². The largest absolute Gasteiger partial charge is 0.379 e. The molecular formula is C13H29NO2S. The summed E-state index contributed by atoms with van der Waals surface area (Å²) in [4.78, 5) is 2.31. The molecule has 0 unspecified atom stereocenters. The third-order valence-corrected chi connectivity index (χ3v) is 3.00. The highest BCUT2D eigenvalue weighted by Crippen LogP contribution is 1.96. The minimum atomic E-state index is 0.717. The Hall–Kier alpha value is 0.230. The molecule has 0 heterocycles. The first-order chi connectivity index (χ1) is 8.16. The Bertz CT molecular complexity index is 156. The van der Waals surface area contributed by atoms with E-state index in [0.29, 0.717) is 0 Å². The Morgan fingerprint density at radius 3 is 2.29 bits per heavy atom. The van der Waals surface area contributed by atoms with Gasteiger partial charge in [-0.2, -0.15) is 11.8 Å². The van der Waals surface area contributed by atoms with E-state index in [1.165, 1.54) is 5.75 Å². The number of hydrogen-bond acceptors (Lipinski definition) is 4. The molecule has 0 bridgehead atoms. The molecule has 0 saturated heterocycles. The molecule has 0 rings (SSSR count). The van der Waals surface area contributed by atoms with E-state index >= 15 is 0 Å². The Balaban J connectivity index is 3.07. The van der Waals surface area contributed by atoms with Gasteiger partial charge in [-0.15, -0.1) is 0 Å². The molecule has 0 aromatic rings. The van der Waals surface area contributed by atoms with Crippen LogP contribution < -0.4 is 0 Å². The number of rotatable bonds is 12. The van der Waals surface area contributed by atoms with E-state index in [4.69, 9.17) is 9.47 Å². The zero-order valence-electron chi connectivity index (χ0n) is 11.9. The highest BCUT2D eigenvalue weighted by molar-refractivity contribution is 7.98. The summed E-state index contributed by atoms with van der Waals surface area (Å²) in [6.07, 6.45) is 3.26. The molecule has 17 heavy (non-hydrogen) atoms. The first kappa shape index (κ1) is 17.2. The van der Waals surface area contributed by atoms with E-state index in [-0.39, 0.29) is 0 Å². The fourth-order valence-corrected chi connectivity index (χ4v) is 1.97. The van der Waals surface area contributed by atoms with Crippen molar-refractivity contribution in [3.8, 4) is 0 Å². The van der Waals surface area contributed by atoms with Crippen molar-refractivity contribution >= 4 is 11.8 Å². The zero-order chi connectivity index (χ0) is 12.9. The molecule has 0 aliphatic rings. The summed E-state index contributed by atoms with van der Waals surface area (Å²) in [6.45, 7) is 9.71. The smallest absolute Gasteiger partial charge is 0.0701 e. The lowest BCUT2D eigenvalue weighted by atomic mass is 10.2. The van der Waals surface area contributed by atoms with Crippen LogP contribution in [0.1, 0.15) is 20.3 Å². The van der Waals surface area contributed by atoms with E-state index in [1.807, 2.05) is 11.8 Å². The Morgan fingerprint density at radius 1 is 1.06 bits per heavy atom. The van der Waals surface area contributed by atoms with Crippen LogP contribution in [0.15, 0.2) is 0 Å². The Morgan fingerprint density at radius 2 is 1.71 bits per heavy atom. The van der Waals surface area contributed by atoms with Crippen LogP contribution in [-0.4, -0.2) is 63.5 Å². The predicted octanol–water partition coefficient (Wildman–Crippen LogP) is 2.36. The molecule has 0 atom stereocenters. The van der Waals surface area contributed by atoms with Crippen molar-refractivity contribution in [2.75, 3.05) is 58.6 Å². The van der Waals surface area contributed by atoms with Gasteiger partial charge in [-0.05, 0) is 31.4 Å². The molecule has 4 heteroatoms. The van der Waals surface area contributed by atoms with E-state index < -0.39 is 0 Å². The molecule has 104 valence electrons. The number of thioether (sulfide) groups is 1. The van der Waals surface area contributed by atoms with Crippen molar-refractivity contribution < 1.29 is 9.47 Å². The molecule has 0 aromatic heterocycles. The highest BCUT2D eigenvalue weighted by Gasteiger charge is 2.00. The molecule has 0 aliphatic carbocycles. The standard InChI is InChI=1S/C13H29NO2S/c1-13(2)12-14(3)6-8-16-10-9-15-7-5-11-17-4/h13H,5-12H2,1-4H3. The van der Waals surface area contributed by atoms with Gasteiger partial charge in [-0.25, -0.2) is 0 Å². The van der Waals surface area contributed by atoms with Crippen molar-refractivity contribution in [1.29, 1.82) is 0 Å². The minimum absolute atomic E-state index is 0.717. The Labute approximate surface area is 111 Å². The Kier molecular flexibility index (Phi) is 12.9. The van der Waals surface area contributed by atoms with Crippen molar-refractivity contribution in [3.63, 3.8) is 0 Å². The van der Waals surface area contributed by atoms with Gasteiger partial charge in [0, 0.05) is 19.7 Å². The molecule has 0 radical (unpaired) electrons. The summed E-state index contributed by atoms with van der Waals surface area (Å²) in [7, 11) is 2.14. The molecule has 0 N–H and O–H groups in total. The molecule has 0 fully saturated rings. The third kappa shape index (κ3) is 14.2. The lowest BCUT2D eigenvalue weighted by molar-refractivity contribution is 0.0405. The number of likely N-dealkylation sites (N-methyl/N-ethyl adjacent to an activating group) is 1. The fraction of sp³-hybridized carbons (Fsp3) is 1.00. The number of hydrogen-bond donors (Lipinski definition) is 0. The van der Waals surface area contributed by atoms with Crippen molar-refractivity contribution in [2.45, 2.75) is 20.3 Å². The maximum Gasteiger partial charge on any atom is 0.0701 e. The first-order valence-electron chi connectivity index (χ1n) is 6.49. The normalized spacial score (nSPS) is 11.6. The van der Waals surface area contributed by atoms with Crippen molar-refractivity contribution in [3.05, 3.63) is 0 Å².